The van der Waals surface area contributed by atoms with E-state index >= 15 is 0 Å². The van der Waals surface area contributed by atoms with Crippen molar-refractivity contribution in [3.63, 3.8) is 0 Å². The van der Waals surface area contributed by atoms with Crippen molar-refractivity contribution in [2.45, 2.75) is 39.8 Å². The Morgan fingerprint density at radius 2 is 1.49 bits per heavy atom. The van der Waals surface area contributed by atoms with E-state index in [0.717, 1.165) is 47.9 Å². The Morgan fingerprint density at radius 1 is 0.814 bits per heavy atom. The van der Waals surface area contributed by atoms with Crippen molar-refractivity contribution in [1.29, 1.82) is 0 Å². The summed E-state index contributed by atoms with van der Waals surface area (Å²) in [4.78, 5) is 42.9. The molecule has 0 spiro atoms. The highest BCUT2D eigenvalue weighted by atomic mass is 35.5. The summed E-state index contributed by atoms with van der Waals surface area (Å²) in [6.45, 7) is 9.01. The molecule has 0 aliphatic carbocycles. The smallest absolute Gasteiger partial charge is 0.242 e. The van der Waals surface area contributed by atoms with Crippen LogP contribution in [0.5, 0.6) is 0 Å². The molecule has 0 unspecified atom stereocenters. The molecule has 3 amide bonds. The number of aryl methyl sites for hydroxylation is 2. The van der Waals surface area contributed by atoms with Crippen LogP contribution in [-0.2, 0) is 27.5 Å². The fourth-order valence-corrected chi connectivity index (χ4v) is 5.35. The highest BCUT2D eigenvalue weighted by molar-refractivity contribution is 6.30. The lowest BCUT2D eigenvalue weighted by Gasteiger charge is -2.37. The molecule has 43 heavy (non-hydrogen) atoms. The number of hydrogen-bond donors (Lipinski definition) is 2. The predicted molar refractivity (Wildman–Crippen MR) is 172 cm³/mol. The molecule has 0 atom stereocenters. The van der Waals surface area contributed by atoms with E-state index in [2.05, 4.69) is 27.7 Å². The number of hydrogen-bond acceptors (Lipinski definition) is 5. The molecule has 3 aromatic carbocycles. The maximum Gasteiger partial charge on any atom is 0.242 e. The van der Waals surface area contributed by atoms with Gasteiger partial charge in [-0.2, -0.15) is 0 Å². The summed E-state index contributed by atoms with van der Waals surface area (Å²) in [5.41, 5.74) is 5.86. The Morgan fingerprint density at radius 3 is 2.14 bits per heavy atom. The minimum absolute atomic E-state index is 0.0124. The number of piperazine rings is 1. The van der Waals surface area contributed by atoms with Crippen molar-refractivity contribution in [3.8, 4) is 0 Å². The van der Waals surface area contributed by atoms with Gasteiger partial charge in [0.2, 0.25) is 17.7 Å². The lowest BCUT2D eigenvalue weighted by molar-refractivity contribution is -0.133. The van der Waals surface area contributed by atoms with Gasteiger partial charge >= 0.3 is 0 Å². The van der Waals surface area contributed by atoms with E-state index in [0.29, 0.717) is 32.6 Å². The molecule has 2 N–H and O–H groups in total. The molecule has 5 rings (SSSR count). The first kappa shape index (κ1) is 32.0. The molecule has 2 aliphatic heterocycles. The predicted octanol–water partition coefficient (Wildman–Crippen LogP) is 4.32. The van der Waals surface area contributed by atoms with Crippen molar-refractivity contribution in [2.24, 2.45) is 0 Å². The number of nitrogens with one attached hydrogen (secondary N) is 2. The van der Waals surface area contributed by atoms with Gasteiger partial charge < -0.3 is 25.3 Å². The van der Waals surface area contributed by atoms with E-state index in [1.165, 1.54) is 11.1 Å². The summed E-state index contributed by atoms with van der Waals surface area (Å²) in [6, 6.07) is 24.0. The molecule has 8 nitrogen and oxygen atoms in total. The van der Waals surface area contributed by atoms with E-state index in [1.807, 2.05) is 84.3 Å². The fourth-order valence-electron chi connectivity index (χ4n) is 5.23. The third-order valence-corrected chi connectivity index (χ3v) is 8.06. The zero-order valence-electron chi connectivity index (χ0n) is 25.2. The zero-order chi connectivity index (χ0) is 30.6. The number of rotatable bonds is 9. The first-order valence-corrected chi connectivity index (χ1v) is 15.3. The van der Waals surface area contributed by atoms with Gasteiger partial charge in [-0.15, -0.1) is 0 Å². The zero-order valence-corrected chi connectivity index (χ0v) is 25.9. The van der Waals surface area contributed by atoms with Crippen LogP contribution < -0.4 is 15.5 Å². The van der Waals surface area contributed by atoms with Crippen LogP contribution in [0.15, 0.2) is 72.8 Å². The number of carbonyl (C=O) groups is 3. The number of halogens is 1. The van der Waals surface area contributed by atoms with Gasteiger partial charge in [-0.05, 0) is 55.2 Å². The molecule has 3 aromatic rings. The minimum atomic E-state index is -0.184. The van der Waals surface area contributed by atoms with E-state index in [1.54, 1.807) is 0 Å². The van der Waals surface area contributed by atoms with Gasteiger partial charge in [0.25, 0.3) is 0 Å². The monoisotopic (exact) mass is 603 g/mol. The first-order chi connectivity index (χ1) is 20.8. The number of benzene rings is 3. The second kappa shape index (κ2) is 16.1. The Labute approximate surface area is 260 Å². The van der Waals surface area contributed by atoms with E-state index in [9.17, 15) is 14.4 Å². The van der Waals surface area contributed by atoms with Gasteiger partial charge in [-0.1, -0.05) is 71.8 Å². The second-order valence-corrected chi connectivity index (χ2v) is 11.5. The fraction of sp³-hybridized carbons (Fsp3) is 0.382. The Kier molecular flexibility index (Phi) is 12.0. The van der Waals surface area contributed by atoms with E-state index in [-0.39, 0.29) is 30.8 Å². The average molecular weight is 604 g/mol. The van der Waals surface area contributed by atoms with E-state index in [4.69, 9.17) is 11.6 Å². The molecular formula is C34H42ClN5O3. The van der Waals surface area contributed by atoms with Gasteiger partial charge in [-0.25, -0.2) is 0 Å². The maximum atomic E-state index is 12.6. The van der Waals surface area contributed by atoms with E-state index < -0.39 is 0 Å². The molecule has 2 saturated heterocycles. The van der Waals surface area contributed by atoms with Crippen LogP contribution in [0.2, 0.25) is 5.02 Å². The number of likely N-dealkylation sites (tertiary alicyclic amines) is 1. The largest absolute Gasteiger partial charge is 0.368 e. The summed E-state index contributed by atoms with van der Waals surface area (Å²) < 4.78 is 0. The normalized spacial score (nSPS) is 14.8. The van der Waals surface area contributed by atoms with Crippen molar-refractivity contribution in [3.05, 3.63) is 100 Å². The molecule has 0 bridgehead atoms. The summed E-state index contributed by atoms with van der Waals surface area (Å²) in [7, 11) is 0. The summed E-state index contributed by atoms with van der Waals surface area (Å²) in [5, 5.41) is 6.67. The molecule has 9 heteroatoms. The van der Waals surface area contributed by atoms with Crippen LogP contribution in [0, 0.1) is 13.8 Å². The quantitative estimate of drug-likeness (QED) is 0.381. The summed E-state index contributed by atoms with van der Waals surface area (Å²) >= 11 is 5.61. The number of amides is 3. The van der Waals surface area contributed by atoms with Gasteiger partial charge in [-0.3, -0.25) is 14.4 Å². The molecule has 0 aromatic heterocycles. The van der Waals surface area contributed by atoms with Crippen molar-refractivity contribution >= 4 is 35.0 Å². The van der Waals surface area contributed by atoms with Crippen LogP contribution in [0.4, 0.5) is 5.69 Å². The lowest BCUT2D eigenvalue weighted by Crippen LogP contribution is -2.52. The van der Waals surface area contributed by atoms with Gasteiger partial charge in [0.15, 0.2) is 0 Å². The summed E-state index contributed by atoms with van der Waals surface area (Å²) in [5.74, 6) is -0.0218. The topological polar surface area (TPSA) is 85.0 Å². The molecule has 2 aliphatic rings. The van der Waals surface area contributed by atoms with Gasteiger partial charge in [0, 0.05) is 62.9 Å². The third kappa shape index (κ3) is 9.83. The number of para-hydroxylation sites is 1. The Hall–Kier alpha value is -3.88. The third-order valence-electron chi connectivity index (χ3n) is 7.81. The SMILES string of the molecule is Cc1ccc(Cl)cc1.Cc1ccccc1CNCC(=O)NCC(=O)N1CCN(c2ccccc2CN2CCCC2=O)CC1. The second-order valence-electron chi connectivity index (χ2n) is 11.0. The molecule has 2 heterocycles. The first-order valence-electron chi connectivity index (χ1n) is 14.9. The minimum Gasteiger partial charge on any atom is -0.368 e. The lowest BCUT2D eigenvalue weighted by atomic mass is 10.1. The number of carbonyl (C=O) groups excluding carboxylic acids is 3. The summed E-state index contributed by atoms with van der Waals surface area (Å²) in [6.07, 6.45) is 1.57. The number of nitrogens with zero attached hydrogens (tertiary/aromatic N) is 3. The van der Waals surface area contributed by atoms with Crippen molar-refractivity contribution in [1.82, 2.24) is 20.4 Å². The Balaban J connectivity index is 0.000000458. The standard InChI is InChI=1S/C27H35N5O3.C7H7Cl/c1-21-7-2-3-8-22(21)17-28-18-25(33)29-19-27(35)31-15-13-30(14-16-31)24-10-5-4-9-23(24)20-32-12-6-11-26(32)34;1-6-2-4-7(8)5-3-6/h2-5,7-10,28H,6,11-20H2,1H3,(H,29,33);2-5H,1H3. The van der Waals surface area contributed by atoms with Gasteiger partial charge in [0.05, 0.1) is 13.1 Å². The molecule has 228 valence electrons. The average Bonchev–Trinajstić information content (AvgIpc) is 3.43. The highest BCUT2D eigenvalue weighted by Crippen LogP contribution is 2.25. The Bertz CT molecular complexity index is 1350. The van der Waals surface area contributed by atoms with Crippen LogP contribution >= 0.6 is 11.6 Å². The van der Waals surface area contributed by atoms with Gasteiger partial charge in [0.1, 0.15) is 0 Å². The highest BCUT2D eigenvalue weighted by Gasteiger charge is 2.25. The maximum absolute atomic E-state index is 12.6. The van der Waals surface area contributed by atoms with Crippen molar-refractivity contribution < 1.29 is 14.4 Å². The van der Waals surface area contributed by atoms with Crippen LogP contribution in [0.3, 0.4) is 0 Å². The molecule has 2 fully saturated rings. The molecule has 0 saturated carbocycles. The van der Waals surface area contributed by atoms with Crippen LogP contribution in [0.1, 0.15) is 35.1 Å². The molecular weight excluding hydrogens is 562 g/mol. The van der Waals surface area contributed by atoms with Crippen molar-refractivity contribution in [2.75, 3.05) is 50.7 Å². The molecule has 0 radical (unpaired) electrons. The number of anilines is 1. The van der Waals surface area contributed by atoms with Crippen LogP contribution in [-0.4, -0.2) is 73.3 Å². The van der Waals surface area contributed by atoms with Crippen LogP contribution in [0.25, 0.3) is 0 Å².